The molecule has 108 valence electrons. The maximum absolute atomic E-state index is 6.26. The lowest BCUT2D eigenvalue weighted by molar-refractivity contribution is -0.121. The number of benzene rings is 1. The third-order valence-corrected chi connectivity index (χ3v) is 5.67. The summed E-state index contributed by atoms with van der Waals surface area (Å²) in [6.45, 7) is 2.01. The molecule has 1 N–H and O–H groups in total. The summed E-state index contributed by atoms with van der Waals surface area (Å²) >= 11 is 0. The zero-order chi connectivity index (χ0) is 13.4. The van der Waals surface area contributed by atoms with Crippen molar-refractivity contribution in [3.63, 3.8) is 0 Å². The van der Waals surface area contributed by atoms with Gasteiger partial charge in [-0.2, -0.15) is 0 Å². The van der Waals surface area contributed by atoms with Gasteiger partial charge in [0.2, 0.25) is 0 Å². The van der Waals surface area contributed by atoms with Crippen LogP contribution in [0.3, 0.4) is 0 Å². The second-order valence-corrected chi connectivity index (χ2v) is 6.90. The first-order valence-electron chi connectivity index (χ1n) is 8.32. The lowest BCUT2D eigenvalue weighted by Gasteiger charge is -2.45. The van der Waals surface area contributed by atoms with Crippen molar-refractivity contribution in [2.24, 2.45) is 5.92 Å². The molecule has 2 nitrogen and oxygen atoms in total. The molecular weight excluding hydrogens is 246 g/mol. The average Bonchev–Trinajstić information content (AvgIpc) is 2.92. The number of fused-ring (bicyclic) bond motifs is 1. The SMILES string of the molecule is c1ccc2c(c1)CNC2C1CCOC2(CCCCC2)C1. The van der Waals surface area contributed by atoms with Crippen molar-refractivity contribution >= 4 is 0 Å². The van der Waals surface area contributed by atoms with Crippen molar-refractivity contribution in [3.8, 4) is 0 Å². The summed E-state index contributed by atoms with van der Waals surface area (Å²) in [4.78, 5) is 0. The Kier molecular flexibility index (Phi) is 3.31. The molecule has 3 aliphatic rings. The van der Waals surface area contributed by atoms with Gasteiger partial charge >= 0.3 is 0 Å². The lowest BCUT2D eigenvalue weighted by Crippen LogP contribution is -2.44. The second-order valence-electron chi connectivity index (χ2n) is 6.90. The monoisotopic (exact) mass is 271 g/mol. The van der Waals surface area contributed by atoms with E-state index in [-0.39, 0.29) is 5.60 Å². The topological polar surface area (TPSA) is 21.3 Å². The molecule has 0 amide bonds. The summed E-state index contributed by atoms with van der Waals surface area (Å²) < 4.78 is 6.26. The molecule has 0 radical (unpaired) electrons. The number of rotatable bonds is 1. The predicted octanol–water partition coefficient (Wildman–Crippen LogP) is 3.96. The Balaban J connectivity index is 1.54. The molecule has 2 aliphatic heterocycles. The number of hydrogen-bond acceptors (Lipinski definition) is 2. The van der Waals surface area contributed by atoms with E-state index in [4.69, 9.17) is 4.74 Å². The first-order chi connectivity index (χ1) is 9.86. The highest BCUT2D eigenvalue weighted by molar-refractivity contribution is 5.34. The van der Waals surface area contributed by atoms with Gasteiger partial charge in [-0.25, -0.2) is 0 Å². The number of hydrogen-bond donors (Lipinski definition) is 1. The van der Waals surface area contributed by atoms with E-state index in [1.807, 2.05) is 0 Å². The van der Waals surface area contributed by atoms with Gasteiger partial charge in [-0.1, -0.05) is 43.5 Å². The van der Waals surface area contributed by atoms with Gasteiger partial charge in [-0.15, -0.1) is 0 Å². The number of nitrogens with one attached hydrogen (secondary N) is 1. The van der Waals surface area contributed by atoms with Gasteiger partial charge in [0, 0.05) is 19.2 Å². The van der Waals surface area contributed by atoms with Crippen LogP contribution in [0.25, 0.3) is 0 Å². The summed E-state index contributed by atoms with van der Waals surface area (Å²) in [5.74, 6) is 0.755. The molecule has 1 aliphatic carbocycles. The molecule has 1 spiro atoms. The van der Waals surface area contributed by atoms with Gasteiger partial charge in [-0.05, 0) is 42.7 Å². The summed E-state index contributed by atoms with van der Waals surface area (Å²) in [6, 6.07) is 9.51. The van der Waals surface area contributed by atoms with Crippen LogP contribution < -0.4 is 5.32 Å². The maximum Gasteiger partial charge on any atom is 0.0686 e. The van der Waals surface area contributed by atoms with Crippen molar-refractivity contribution in [1.29, 1.82) is 0 Å². The van der Waals surface area contributed by atoms with Crippen LogP contribution in [-0.2, 0) is 11.3 Å². The fourth-order valence-corrected chi connectivity index (χ4v) is 4.64. The highest BCUT2D eigenvalue weighted by Gasteiger charge is 2.42. The normalized spacial score (nSPS) is 32.2. The molecule has 2 heteroatoms. The molecule has 0 bridgehead atoms. The Labute approximate surface area is 121 Å². The van der Waals surface area contributed by atoms with Crippen LogP contribution in [0.2, 0.25) is 0 Å². The minimum atomic E-state index is 0.223. The van der Waals surface area contributed by atoms with Crippen molar-refractivity contribution in [3.05, 3.63) is 35.4 Å². The summed E-state index contributed by atoms with van der Waals surface area (Å²) in [5.41, 5.74) is 3.27. The van der Waals surface area contributed by atoms with Gasteiger partial charge in [0.1, 0.15) is 0 Å². The van der Waals surface area contributed by atoms with Crippen LogP contribution in [0, 0.1) is 5.92 Å². The van der Waals surface area contributed by atoms with Crippen LogP contribution >= 0.6 is 0 Å². The fraction of sp³-hybridized carbons (Fsp3) is 0.667. The van der Waals surface area contributed by atoms with Crippen LogP contribution in [-0.4, -0.2) is 12.2 Å². The molecule has 2 heterocycles. The molecule has 2 fully saturated rings. The molecule has 1 aromatic rings. The maximum atomic E-state index is 6.26. The smallest absolute Gasteiger partial charge is 0.0686 e. The molecule has 0 aromatic heterocycles. The average molecular weight is 271 g/mol. The van der Waals surface area contributed by atoms with Crippen molar-refractivity contribution in [1.82, 2.24) is 5.32 Å². The minimum absolute atomic E-state index is 0.223. The first kappa shape index (κ1) is 12.8. The highest BCUT2D eigenvalue weighted by Crippen LogP contribution is 2.45. The molecule has 1 saturated heterocycles. The largest absolute Gasteiger partial charge is 0.375 e. The van der Waals surface area contributed by atoms with Crippen LogP contribution in [0.5, 0.6) is 0 Å². The van der Waals surface area contributed by atoms with Gasteiger partial charge in [0.05, 0.1) is 5.60 Å². The third-order valence-electron chi connectivity index (χ3n) is 5.67. The van der Waals surface area contributed by atoms with Crippen LogP contribution in [0.4, 0.5) is 0 Å². The molecule has 4 rings (SSSR count). The molecule has 1 saturated carbocycles. The Hall–Kier alpha value is -0.860. The van der Waals surface area contributed by atoms with E-state index in [2.05, 4.69) is 29.6 Å². The van der Waals surface area contributed by atoms with E-state index in [0.29, 0.717) is 6.04 Å². The summed E-state index contributed by atoms with van der Waals surface area (Å²) in [6.07, 6.45) is 9.19. The zero-order valence-corrected chi connectivity index (χ0v) is 12.2. The van der Waals surface area contributed by atoms with Crippen molar-refractivity contribution in [2.45, 2.75) is 63.1 Å². The minimum Gasteiger partial charge on any atom is -0.375 e. The molecule has 1 aromatic carbocycles. The van der Waals surface area contributed by atoms with E-state index < -0.39 is 0 Å². The van der Waals surface area contributed by atoms with E-state index >= 15 is 0 Å². The highest BCUT2D eigenvalue weighted by atomic mass is 16.5. The summed E-state index contributed by atoms with van der Waals surface area (Å²) in [5, 5.41) is 3.76. The van der Waals surface area contributed by atoms with Gasteiger partial charge in [0.25, 0.3) is 0 Å². The molecular formula is C18H25NO. The Bertz CT molecular complexity index is 473. The molecule has 2 atom stereocenters. The van der Waals surface area contributed by atoms with Crippen LogP contribution in [0.1, 0.15) is 62.1 Å². The lowest BCUT2D eigenvalue weighted by atomic mass is 9.73. The van der Waals surface area contributed by atoms with E-state index in [0.717, 1.165) is 19.1 Å². The van der Waals surface area contributed by atoms with Gasteiger partial charge in [-0.3, -0.25) is 0 Å². The second kappa shape index (κ2) is 5.16. The quantitative estimate of drug-likeness (QED) is 0.834. The zero-order valence-electron chi connectivity index (χ0n) is 12.2. The molecule has 2 unspecified atom stereocenters. The fourth-order valence-electron chi connectivity index (χ4n) is 4.64. The Morgan fingerprint density at radius 1 is 1.10 bits per heavy atom. The van der Waals surface area contributed by atoms with Crippen molar-refractivity contribution < 1.29 is 4.74 Å². The number of ether oxygens (including phenoxy) is 1. The van der Waals surface area contributed by atoms with Crippen molar-refractivity contribution in [2.75, 3.05) is 6.61 Å². The first-order valence-corrected chi connectivity index (χ1v) is 8.32. The Morgan fingerprint density at radius 2 is 1.95 bits per heavy atom. The predicted molar refractivity (Wildman–Crippen MR) is 80.5 cm³/mol. The van der Waals surface area contributed by atoms with E-state index in [1.165, 1.54) is 50.5 Å². The van der Waals surface area contributed by atoms with E-state index in [1.54, 1.807) is 5.56 Å². The molecule has 20 heavy (non-hydrogen) atoms. The van der Waals surface area contributed by atoms with Crippen LogP contribution in [0.15, 0.2) is 24.3 Å². The van der Waals surface area contributed by atoms with E-state index in [9.17, 15) is 0 Å². The summed E-state index contributed by atoms with van der Waals surface area (Å²) in [7, 11) is 0. The van der Waals surface area contributed by atoms with Gasteiger partial charge < -0.3 is 10.1 Å². The third kappa shape index (κ3) is 2.19. The standard InChI is InChI=1S/C18H25NO/c1-4-9-18(10-5-1)12-14(8-11-20-18)17-16-7-3-2-6-15(16)13-19-17/h2-3,6-7,14,17,19H,1,4-5,8-13H2. The Morgan fingerprint density at radius 3 is 2.85 bits per heavy atom. The van der Waals surface area contributed by atoms with Gasteiger partial charge in [0.15, 0.2) is 0 Å².